The third kappa shape index (κ3) is 3.73. The van der Waals surface area contributed by atoms with Crippen LogP contribution in [-0.4, -0.2) is 31.2 Å². The third-order valence-corrected chi connectivity index (χ3v) is 5.07. The summed E-state index contributed by atoms with van der Waals surface area (Å²) in [6, 6.07) is 16.8. The summed E-state index contributed by atoms with van der Waals surface area (Å²) in [7, 11) is 0. The van der Waals surface area contributed by atoms with Crippen LogP contribution in [0, 0.1) is 5.92 Å². The highest BCUT2D eigenvalue weighted by atomic mass is 16.5. The van der Waals surface area contributed by atoms with Crippen LogP contribution < -0.4 is 9.47 Å². The molecule has 2 aliphatic heterocycles. The first kappa shape index (κ1) is 15.5. The average molecular weight is 323 g/mol. The van der Waals surface area contributed by atoms with Crippen molar-refractivity contribution in [2.45, 2.75) is 25.8 Å². The van der Waals surface area contributed by atoms with Gasteiger partial charge in [-0.25, -0.2) is 0 Å². The minimum absolute atomic E-state index is 0.756. The molecule has 2 aromatic carbocycles. The minimum Gasteiger partial charge on any atom is -0.494 e. The van der Waals surface area contributed by atoms with Gasteiger partial charge in [0.15, 0.2) is 0 Å². The minimum atomic E-state index is 0.756. The number of para-hydroxylation sites is 1. The number of hydrogen-bond donors (Lipinski definition) is 0. The zero-order chi connectivity index (χ0) is 16.2. The van der Waals surface area contributed by atoms with Crippen molar-refractivity contribution in [3.05, 3.63) is 59.7 Å². The van der Waals surface area contributed by atoms with Crippen molar-refractivity contribution in [2.75, 3.05) is 26.3 Å². The van der Waals surface area contributed by atoms with Crippen molar-refractivity contribution in [3.63, 3.8) is 0 Å². The third-order valence-electron chi connectivity index (χ3n) is 5.07. The number of benzene rings is 2. The fraction of sp³-hybridized carbons (Fsp3) is 0.429. The second-order valence-electron chi connectivity index (χ2n) is 6.88. The van der Waals surface area contributed by atoms with Crippen LogP contribution in [0.5, 0.6) is 11.5 Å². The van der Waals surface area contributed by atoms with Gasteiger partial charge < -0.3 is 9.47 Å². The van der Waals surface area contributed by atoms with Crippen LogP contribution in [0.15, 0.2) is 48.5 Å². The van der Waals surface area contributed by atoms with E-state index in [-0.39, 0.29) is 0 Å². The lowest BCUT2D eigenvalue weighted by Gasteiger charge is -2.17. The molecular formula is C21H25NO2. The Balaban J connectivity index is 1.23. The molecule has 0 radical (unpaired) electrons. The van der Waals surface area contributed by atoms with Crippen molar-refractivity contribution in [1.29, 1.82) is 0 Å². The Morgan fingerprint density at radius 3 is 2.96 bits per heavy atom. The summed E-state index contributed by atoms with van der Waals surface area (Å²) in [6.45, 7) is 5.10. The summed E-state index contributed by atoms with van der Waals surface area (Å²) in [5.74, 6) is 2.82. The molecule has 2 aromatic rings. The number of rotatable bonds is 6. The average Bonchev–Trinajstić information content (AvgIpc) is 3.25. The first-order valence-corrected chi connectivity index (χ1v) is 9.01. The molecule has 0 aromatic heterocycles. The van der Waals surface area contributed by atoms with E-state index in [9.17, 15) is 0 Å². The first-order valence-electron chi connectivity index (χ1n) is 9.01. The van der Waals surface area contributed by atoms with Crippen LogP contribution in [0.4, 0.5) is 0 Å². The van der Waals surface area contributed by atoms with Crippen LogP contribution in [0.3, 0.4) is 0 Å². The lowest BCUT2D eigenvalue weighted by Crippen LogP contribution is -2.20. The summed E-state index contributed by atoms with van der Waals surface area (Å²) in [4.78, 5) is 2.57. The van der Waals surface area contributed by atoms with Gasteiger partial charge in [-0.2, -0.15) is 0 Å². The van der Waals surface area contributed by atoms with Gasteiger partial charge in [-0.15, -0.1) is 0 Å². The molecule has 2 aliphatic rings. The maximum Gasteiger partial charge on any atom is 0.122 e. The maximum atomic E-state index is 5.84. The van der Waals surface area contributed by atoms with E-state index >= 15 is 0 Å². The smallest absolute Gasteiger partial charge is 0.122 e. The number of nitrogens with zero attached hydrogens (tertiary/aromatic N) is 1. The molecule has 4 rings (SSSR count). The molecule has 0 spiro atoms. The number of likely N-dealkylation sites (tertiary alicyclic amines) is 1. The Hall–Kier alpha value is -2.00. The first-order chi connectivity index (χ1) is 11.9. The molecule has 1 unspecified atom stereocenters. The van der Waals surface area contributed by atoms with Crippen molar-refractivity contribution in [1.82, 2.24) is 4.90 Å². The van der Waals surface area contributed by atoms with E-state index in [1.807, 2.05) is 30.3 Å². The fourth-order valence-electron chi connectivity index (χ4n) is 3.75. The van der Waals surface area contributed by atoms with Crippen LogP contribution in [0.2, 0.25) is 0 Å². The van der Waals surface area contributed by atoms with Gasteiger partial charge in [-0.1, -0.05) is 30.3 Å². The lowest BCUT2D eigenvalue weighted by atomic mass is 10.1. The van der Waals surface area contributed by atoms with Crippen molar-refractivity contribution >= 4 is 0 Å². The highest BCUT2D eigenvalue weighted by Gasteiger charge is 2.23. The molecule has 3 nitrogen and oxygen atoms in total. The van der Waals surface area contributed by atoms with Crippen molar-refractivity contribution in [2.24, 2.45) is 5.92 Å². The summed E-state index contributed by atoms with van der Waals surface area (Å²) in [6.07, 6.45) is 3.48. The Morgan fingerprint density at radius 1 is 1.12 bits per heavy atom. The number of hydrogen-bond acceptors (Lipinski definition) is 3. The molecule has 0 aliphatic carbocycles. The van der Waals surface area contributed by atoms with Gasteiger partial charge in [0.25, 0.3) is 0 Å². The molecule has 0 amide bonds. The molecule has 0 bridgehead atoms. The van der Waals surface area contributed by atoms with E-state index in [2.05, 4.69) is 23.1 Å². The van der Waals surface area contributed by atoms with Crippen molar-refractivity contribution in [3.8, 4) is 11.5 Å². The van der Waals surface area contributed by atoms with E-state index in [0.29, 0.717) is 0 Å². The van der Waals surface area contributed by atoms with E-state index in [1.165, 1.54) is 30.6 Å². The quantitative estimate of drug-likeness (QED) is 0.804. The molecule has 3 heteroatoms. The molecule has 1 fully saturated rings. The molecule has 0 saturated carbocycles. The monoisotopic (exact) mass is 323 g/mol. The van der Waals surface area contributed by atoms with Gasteiger partial charge in [-0.05, 0) is 54.6 Å². The fourth-order valence-corrected chi connectivity index (χ4v) is 3.75. The molecule has 24 heavy (non-hydrogen) atoms. The van der Waals surface area contributed by atoms with Crippen LogP contribution >= 0.6 is 0 Å². The summed E-state index contributed by atoms with van der Waals surface area (Å²) < 4.78 is 11.4. The topological polar surface area (TPSA) is 21.7 Å². The molecule has 126 valence electrons. The Labute approximate surface area is 144 Å². The van der Waals surface area contributed by atoms with E-state index in [0.717, 1.165) is 50.0 Å². The van der Waals surface area contributed by atoms with E-state index in [1.54, 1.807) is 0 Å². The number of ether oxygens (including phenoxy) is 2. The Kier molecular flexibility index (Phi) is 4.70. The largest absolute Gasteiger partial charge is 0.494 e. The van der Waals surface area contributed by atoms with Crippen LogP contribution in [0.1, 0.15) is 24.0 Å². The van der Waals surface area contributed by atoms with Crippen LogP contribution in [-0.2, 0) is 13.0 Å². The maximum absolute atomic E-state index is 5.84. The molecular weight excluding hydrogens is 298 g/mol. The second-order valence-corrected chi connectivity index (χ2v) is 6.88. The Bertz CT molecular complexity index is 671. The standard InChI is InChI=1S/C21H25NO2/c1-2-4-20(5-3-1)23-12-9-17-8-11-22(15-17)16-18-6-7-21-19(14-18)10-13-24-21/h1-7,14,17H,8-13,15-16H2. The highest BCUT2D eigenvalue weighted by molar-refractivity contribution is 5.39. The van der Waals surface area contributed by atoms with Gasteiger partial charge in [-0.3, -0.25) is 4.90 Å². The van der Waals surface area contributed by atoms with Gasteiger partial charge in [0.1, 0.15) is 11.5 Å². The lowest BCUT2D eigenvalue weighted by molar-refractivity contribution is 0.265. The zero-order valence-electron chi connectivity index (χ0n) is 14.1. The Morgan fingerprint density at radius 2 is 2.04 bits per heavy atom. The summed E-state index contributed by atoms with van der Waals surface area (Å²) in [5.41, 5.74) is 2.79. The van der Waals surface area contributed by atoms with Gasteiger partial charge in [0.2, 0.25) is 0 Å². The van der Waals surface area contributed by atoms with E-state index in [4.69, 9.17) is 9.47 Å². The predicted octanol–water partition coefficient (Wildman–Crippen LogP) is 3.91. The van der Waals surface area contributed by atoms with Crippen molar-refractivity contribution < 1.29 is 9.47 Å². The van der Waals surface area contributed by atoms with Gasteiger partial charge >= 0.3 is 0 Å². The second kappa shape index (κ2) is 7.27. The molecule has 1 atom stereocenters. The zero-order valence-corrected chi connectivity index (χ0v) is 14.1. The molecule has 1 saturated heterocycles. The number of fused-ring (bicyclic) bond motifs is 1. The predicted molar refractivity (Wildman–Crippen MR) is 95.6 cm³/mol. The van der Waals surface area contributed by atoms with Gasteiger partial charge in [0.05, 0.1) is 13.2 Å². The summed E-state index contributed by atoms with van der Waals surface area (Å²) >= 11 is 0. The SMILES string of the molecule is c1ccc(OCCC2CCN(Cc3ccc4c(c3)CCO4)C2)cc1. The van der Waals surface area contributed by atoms with Gasteiger partial charge in [0, 0.05) is 19.5 Å². The summed E-state index contributed by atoms with van der Waals surface area (Å²) in [5, 5.41) is 0. The molecule has 2 heterocycles. The molecule has 0 N–H and O–H groups in total. The van der Waals surface area contributed by atoms with Crippen LogP contribution in [0.25, 0.3) is 0 Å². The van der Waals surface area contributed by atoms with E-state index < -0.39 is 0 Å². The highest BCUT2D eigenvalue weighted by Crippen LogP contribution is 2.28. The normalized spacial score (nSPS) is 19.9.